The van der Waals surface area contributed by atoms with E-state index in [-0.39, 0.29) is 5.91 Å². The zero-order valence-corrected chi connectivity index (χ0v) is 15.5. The molecule has 1 aliphatic heterocycles. The number of aliphatic imine (C=N–C) groups is 1. The molecule has 5 nitrogen and oxygen atoms in total. The van der Waals surface area contributed by atoms with Crippen LogP contribution in [0, 0.1) is 0 Å². The number of anilines is 1. The summed E-state index contributed by atoms with van der Waals surface area (Å²) in [5.74, 6) is 0.0132. The Labute approximate surface area is 154 Å². The Kier molecular flexibility index (Phi) is 5.07. The maximum atomic E-state index is 13.0. The first-order valence-electron chi connectivity index (χ1n) is 8.64. The predicted molar refractivity (Wildman–Crippen MR) is 108 cm³/mol. The molecule has 1 N–H and O–H groups in total. The van der Waals surface area contributed by atoms with E-state index < -0.39 is 0 Å². The number of nitrogens with zero attached hydrogens (tertiary/aromatic N) is 3. The van der Waals surface area contributed by atoms with Gasteiger partial charge in [0.1, 0.15) is 5.69 Å². The molecule has 0 bridgehead atoms. The van der Waals surface area contributed by atoms with Crippen LogP contribution in [0.4, 0.5) is 5.69 Å². The van der Waals surface area contributed by atoms with Crippen LogP contribution in [-0.4, -0.2) is 41.2 Å². The molecule has 134 valence electrons. The summed E-state index contributed by atoms with van der Waals surface area (Å²) in [4.78, 5) is 19.1. The van der Waals surface area contributed by atoms with Gasteiger partial charge in [-0.15, -0.1) is 0 Å². The monoisotopic (exact) mass is 348 g/mol. The van der Waals surface area contributed by atoms with E-state index in [2.05, 4.69) is 29.0 Å². The largest absolute Gasteiger partial charge is 0.388 e. The minimum Gasteiger partial charge on any atom is -0.388 e. The lowest BCUT2D eigenvalue weighted by Crippen LogP contribution is -2.30. The van der Waals surface area contributed by atoms with Crippen LogP contribution in [0.25, 0.3) is 11.1 Å². The fraction of sp³-hybridized carbons (Fsp3) is 0.238. The maximum Gasteiger partial charge on any atom is 0.271 e. The molecule has 1 fully saturated rings. The maximum absolute atomic E-state index is 13.0. The van der Waals surface area contributed by atoms with Crippen LogP contribution in [0.3, 0.4) is 0 Å². The zero-order chi connectivity index (χ0) is 18.7. The van der Waals surface area contributed by atoms with Gasteiger partial charge in [-0.2, -0.15) is 0 Å². The third kappa shape index (κ3) is 3.33. The molecule has 1 saturated heterocycles. The van der Waals surface area contributed by atoms with E-state index in [1.165, 1.54) is 6.20 Å². The number of amides is 1. The van der Waals surface area contributed by atoms with Crippen molar-refractivity contribution in [1.82, 2.24) is 9.47 Å². The third-order valence-corrected chi connectivity index (χ3v) is 4.69. The summed E-state index contributed by atoms with van der Waals surface area (Å²) in [6.45, 7) is 6.73. The highest BCUT2D eigenvalue weighted by Gasteiger charge is 2.28. The van der Waals surface area contributed by atoms with Crippen molar-refractivity contribution < 1.29 is 4.79 Å². The first-order valence-corrected chi connectivity index (χ1v) is 8.64. The lowest BCUT2D eigenvalue weighted by molar-refractivity contribution is 0.0795. The number of carbonyl (C=O) groups is 1. The zero-order valence-electron chi connectivity index (χ0n) is 15.5. The average Bonchev–Trinajstić information content (AvgIpc) is 3.25. The second-order valence-corrected chi connectivity index (χ2v) is 6.29. The lowest BCUT2D eigenvalue weighted by Gasteiger charge is -2.14. The molecule has 0 radical (unpaired) electrons. The molecule has 1 aromatic heterocycles. The van der Waals surface area contributed by atoms with Crippen molar-refractivity contribution in [2.24, 2.45) is 12.0 Å². The minimum absolute atomic E-state index is 0.0132. The minimum atomic E-state index is 0.0132. The standard InChI is InChI=1S/C21H24N4O/c1-5-15-13-25(14-19(15)23-6-2)21(26)20-11-17(12-24(20)4)16-7-9-18(22-3)10-8-16/h5-12,22H,2,13-14H2,1,3-4H3/b15-5-,23-19?. The summed E-state index contributed by atoms with van der Waals surface area (Å²) in [5, 5.41) is 3.11. The van der Waals surface area contributed by atoms with Gasteiger partial charge in [0.15, 0.2) is 0 Å². The van der Waals surface area contributed by atoms with Crippen LogP contribution in [0.15, 0.2) is 65.9 Å². The van der Waals surface area contributed by atoms with Crippen LogP contribution < -0.4 is 5.32 Å². The Bertz CT molecular complexity index is 887. The lowest BCUT2D eigenvalue weighted by atomic mass is 10.1. The number of aromatic nitrogens is 1. The second-order valence-electron chi connectivity index (χ2n) is 6.29. The van der Waals surface area contributed by atoms with Gasteiger partial charge in [0.2, 0.25) is 0 Å². The van der Waals surface area contributed by atoms with Crippen molar-refractivity contribution in [3.8, 4) is 11.1 Å². The van der Waals surface area contributed by atoms with Gasteiger partial charge in [-0.1, -0.05) is 24.8 Å². The van der Waals surface area contributed by atoms with Crippen LogP contribution in [0.5, 0.6) is 0 Å². The number of carbonyl (C=O) groups excluding carboxylic acids is 1. The van der Waals surface area contributed by atoms with Gasteiger partial charge >= 0.3 is 0 Å². The first-order chi connectivity index (χ1) is 12.6. The quantitative estimate of drug-likeness (QED) is 0.915. The van der Waals surface area contributed by atoms with E-state index in [4.69, 9.17) is 0 Å². The van der Waals surface area contributed by atoms with Gasteiger partial charge in [0, 0.05) is 44.3 Å². The molecule has 2 aromatic rings. The highest BCUT2D eigenvalue weighted by atomic mass is 16.2. The van der Waals surface area contributed by atoms with Crippen molar-refractivity contribution in [3.05, 3.63) is 66.7 Å². The van der Waals surface area contributed by atoms with Crippen LogP contribution >= 0.6 is 0 Å². The summed E-state index contributed by atoms with van der Waals surface area (Å²) in [5.41, 5.74) is 5.84. The van der Waals surface area contributed by atoms with Crippen LogP contribution in [0.1, 0.15) is 17.4 Å². The van der Waals surface area contributed by atoms with Crippen molar-refractivity contribution >= 4 is 17.3 Å². The topological polar surface area (TPSA) is 49.6 Å². The molecule has 0 unspecified atom stereocenters. The molecule has 1 amide bonds. The Morgan fingerprint density at radius 2 is 1.96 bits per heavy atom. The molecule has 0 spiro atoms. The molecule has 26 heavy (non-hydrogen) atoms. The van der Waals surface area contributed by atoms with Crippen molar-refractivity contribution in [1.29, 1.82) is 0 Å². The molecule has 3 rings (SSSR count). The third-order valence-electron chi connectivity index (χ3n) is 4.69. The fourth-order valence-corrected chi connectivity index (χ4v) is 3.20. The predicted octanol–water partition coefficient (Wildman–Crippen LogP) is 3.72. The molecule has 2 heterocycles. The Morgan fingerprint density at radius 1 is 1.23 bits per heavy atom. The van der Waals surface area contributed by atoms with Gasteiger partial charge in [0.05, 0.1) is 12.3 Å². The van der Waals surface area contributed by atoms with Gasteiger partial charge in [0.25, 0.3) is 5.91 Å². The normalized spacial score (nSPS) is 17.1. The fourth-order valence-electron chi connectivity index (χ4n) is 3.20. The highest BCUT2D eigenvalue weighted by molar-refractivity contribution is 6.08. The Balaban J connectivity index is 1.86. The Hall–Kier alpha value is -3.08. The van der Waals surface area contributed by atoms with Crippen LogP contribution in [-0.2, 0) is 7.05 Å². The van der Waals surface area contributed by atoms with E-state index in [0.717, 1.165) is 28.1 Å². The van der Waals surface area contributed by atoms with Crippen molar-refractivity contribution in [2.75, 3.05) is 25.5 Å². The van der Waals surface area contributed by atoms with E-state index >= 15 is 0 Å². The van der Waals surface area contributed by atoms with Gasteiger partial charge in [-0.3, -0.25) is 9.79 Å². The van der Waals surface area contributed by atoms with E-state index in [1.54, 1.807) is 0 Å². The molecule has 1 aliphatic rings. The smallest absolute Gasteiger partial charge is 0.271 e. The highest BCUT2D eigenvalue weighted by Crippen LogP contribution is 2.25. The first kappa shape index (κ1) is 17.7. The van der Waals surface area contributed by atoms with Crippen molar-refractivity contribution in [2.45, 2.75) is 6.92 Å². The second kappa shape index (κ2) is 7.44. The SMILES string of the molecule is C=CN=C1CN(C(=O)c2cc(-c3ccc(NC)cc3)cn2C)C/C1=C/C. The molecule has 0 aliphatic carbocycles. The molecule has 5 heteroatoms. The Morgan fingerprint density at radius 3 is 2.58 bits per heavy atom. The van der Waals surface area contributed by atoms with E-state index in [1.807, 2.05) is 61.0 Å². The summed E-state index contributed by atoms with van der Waals surface area (Å²) in [7, 11) is 3.80. The van der Waals surface area contributed by atoms with E-state index in [0.29, 0.717) is 18.8 Å². The van der Waals surface area contributed by atoms with Gasteiger partial charge < -0.3 is 14.8 Å². The molecule has 0 saturated carbocycles. The number of hydrogen-bond donors (Lipinski definition) is 1. The number of rotatable bonds is 4. The van der Waals surface area contributed by atoms with Crippen LogP contribution in [0.2, 0.25) is 0 Å². The summed E-state index contributed by atoms with van der Waals surface area (Å²) in [6.07, 6.45) is 5.53. The summed E-state index contributed by atoms with van der Waals surface area (Å²) in [6, 6.07) is 10.1. The average molecular weight is 348 g/mol. The molecular weight excluding hydrogens is 324 g/mol. The van der Waals surface area contributed by atoms with Gasteiger partial charge in [-0.05, 0) is 36.3 Å². The molecular formula is C21H24N4O. The number of likely N-dealkylation sites (tertiary alicyclic amines) is 1. The number of nitrogens with one attached hydrogen (secondary N) is 1. The summed E-state index contributed by atoms with van der Waals surface area (Å²) < 4.78 is 1.89. The van der Waals surface area contributed by atoms with E-state index in [9.17, 15) is 4.79 Å². The molecule has 1 aromatic carbocycles. The summed E-state index contributed by atoms with van der Waals surface area (Å²) >= 11 is 0. The molecule has 0 atom stereocenters. The number of aryl methyl sites for hydroxylation is 1. The number of benzene rings is 1. The number of hydrogen-bond acceptors (Lipinski definition) is 3. The van der Waals surface area contributed by atoms with Gasteiger partial charge in [-0.25, -0.2) is 0 Å². The van der Waals surface area contributed by atoms with Crippen molar-refractivity contribution in [3.63, 3.8) is 0 Å². The number of allylic oxidation sites excluding steroid dienone is 1.